The average Bonchev–Trinajstić information content (AvgIpc) is 3.28. The number of carbonyl (C=O) groups is 4. The molecular formula is C19H19N2O5-. The zero-order chi connectivity index (χ0) is 18.4. The zero-order valence-electron chi connectivity index (χ0n) is 14.1. The molecule has 1 aliphatic heterocycles. The smallest absolute Gasteiger partial charge is 0.237 e. The third-order valence-electron chi connectivity index (χ3n) is 5.89. The number of fused-ring (bicyclic) bond motifs is 5. The van der Waals surface area contributed by atoms with Gasteiger partial charge < -0.3 is 15.2 Å². The lowest BCUT2D eigenvalue weighted by atomic mass is 9.81. The molecular weight excluding hydrogens is 336 g/mol. The van der Waals surface area contributed by atoms with Crippen molar-refractivity contribution < 1.29 is 24.3 Å². The van der Waals surface area contributed by atoms with E-state index in [1.807, 2.05) is 0 Å². The van der Waals surface area contributed by atoms with Crippen LogP contribution in [0.2, 0.25) is 0 Å². The number of hydrogen-bond donors (Lipinski definition) is 1. The maximum atomic E-state index is 12.8. The van der Waals surface area contributed by atoms with Gasteiger partial charge in [0.15, 0.2) is 0 Å². The summed E-state index contributed by atoms with van der Waals surface area (Å²) in [6, 6.07) is 6.48. The minimum absolute atomic E-state index is 0.0991. The number of benzene rings is 1. The van der Waals surface area contributed by atoms with Gasteiger partial charge in [0.2, 0.25) is 17.7 Å². The van der Waals surface area contributed by atoms with E-state index in [0.29, 0.717) is 23.2 Å². The van der Waals surface area contributed by atoms with E-state index in [4.69, 9.17) is 0 Å². The van der Waals surface area contributed by atoms with E-state index in [2.05, 4.69) is 5.32 Å². The molecule has 3 fully saturated rings. The summed E-state index contributed by atoms with van der Waals surface area (Å²) < 4.78 is 0. The highest BCUT2D eigenvalue weighted by Gasteiger charge is 2.61. The van der Waals surface area contributed by atoms with Crippen molar-refractivity contribution in [1.29, 1.82) is 0 Å². The van der Waals surface area contributed by atoms with E-state index < -0.39 is 11.9 Å². The van der Waals surface area contributed by atoms with Crippen LogP contribution in [0.15, 0.2) is 24.3 Å². The van der Waals surface area contributed by atoms with Crippen molar-refractivity contribution in [1.82, 2.24) is 0 Å². The molecule has 0 radical (unpaired) electrons. The number of rotatable bonds is 5. The minimum atomic E-state index is -1.28. The Morgan fingerprint density at radius 1 is 1.00 bits per heavy atom. The summed E-state index contributed by atoms with van der Waals surface area (Å²) in [5.41, 5.74) is 0.998. The van der Waals surface area contributed by atoms with E-state index in [0.717, 1.165) is 19.3 Å². The lowest BCUT2D eigenvalue weighted by molar-refractivity contribution is -0.305. The molecule has 0 spiro atoms. The molecule has 26 heavy (non-hydrogen) atoms. The van der Waals surface area contributed by atoms with Gasteiger partial charge in [-0.25, -0.2) is 0 Å². The summed E-state index contributed by atoms with van der Waals surface area (Å²) in [5.74, 6) is -1.55. The molecule has 1 N–H and O–H groups in total. The topological polar surface area (TPSA) is 107 Å². The van der Waals surface area contributed by atoms with Gasteiger partial charge in [0.25, 0.3) is 0 Å². The Kier molecular flexibility index (Phi) is 4.01. The number of nitrogens with zero attached hydrogens (tertiary/aromatic N) is 1. The second kappa shape index (κ2) is 6.23. The average molecular weight is 355 g/mol. The van der Waals surface area contributed by atoms with Crippen LogP contribution >= 0.6 is 0 Å². The first-order chi connectivity index (χ1) is 12.5. The van der Waals surface area contributed by atoms with Crippen LogP contribution < -0.4 is 15.3 Å². The number of carbonyl (C=O) groups excluding carboxylic acids is 4. The SMILES string of the molecule is O=C([O-])CCC(=O)Nc1ccc(N2C(=O)[C@@H]3[C@H]4CC[C@@H](C4)[C@@H]3C2=O)cc1. The Hall–Kier alpha value is -2.70. The molecule has 1 aromatic rings. The van der Waals surface area contributed by atoms with E-state index in [9.17, 15) is 24.3 Å². The summed E-state index contributed by atoms with van der Waals surface area (Å²) in [7, 11) is 0. The van der Waals surface area contributed by atoms with Crippen molar-refractivity contribution in [3.8, 4) is 0 Å². The first-order valence-electron chi connectivity index (χ1n) is 8.93. The van der Waals surface area contributed by atoms with Crippen LogP contribution in [0.3, 0.4) is 0 Å². The van der Waals surface area contributed by atoms with Crippen LogP contribution in [0.1, 0.15) is 32.1 Å². The van der Waals surface area contributed by atoms with Crippen LogP contribution in [-0.4, -0.2) is 23.7 Å². The summed E-state index contributed by atoms with van der Waals surface area (Å²) in [6.45, 7) is 0. The third kappa shape index (κ3) is 2.67. The predicted octanol–water partition coefficient (Wildman–Crippen LogP) is 0.691. The molecule has 4 atom stereocenters. The van der Waals surface area contributed by atoms with Gasteiger partial charge in [-0.2, -0.15) is 0 Å². The number of imide groups is 1. The molecule has 4 rings (SSSR count). The first kappa shape index (κ1) is 16.8. The second-order valence-electron chi connectivity index (χ2n) is 7.36. The third-order valence-corrected chi connectivity index (χ3v) is 5.89. The standard InChI is InChI=1S/C19H20N2O5/c22-14(7-8-15(23)24)20-12-3-5-13(6-4-12)21-18(25)16-10-1-2-11(9-10)17(16)19(21)26/h3-6,10-11,16-17H,1-2,7-9H2,(H,20,22)(H,23,24)/p-1/t10-,11-,16-,17+/m0/s1. The first-order valence-corrected chi connectivity index (χ1v) is 8.93. The van der Waals surface area contributed by atoms with Crippen LogP contribution in [0.4, 0.5) is 11.4 Å². The summed E-state index contributed by atoms with van der Waals surface area (Å²) in [5, 5.41) is 13.0. The Bertz CT molecular complexity index is 760. The predicted molar refractivity (Wildman–Crippen MR) is 89.6 cm³/mol. The van der Waals surface area contributed by atoms with E-state index in [1.54, 1.807) is 24.3 Å². The lowest BCUT2D eigenvalue weighted by Crippen LogP contribution is -2.32. The van der Waals surface area contributed by atoms with E-state index in [-0.39, 0.29) is 36.5 Å². The largest absolute Gasteiger partial charge is 0.550 e. The van der Waals surface area contributed by atoms with Crippen LogP contribution in [0, 0.1) is 23.7 Å². The Morgan fingerprint density at radius 2 is 1.58 bits per heavy atom. The molecule has 1 saturated heterocycles. The van der Waals surface area contributed by atoms with Crippen LogP contribution in [-0.2, 0) is 19.2 Å². The molecule has 0 unspecified atom stereocenters. The molecule has 3 aliphatic rings. The fourth-order valence-corrected chi connectivity index (χ4v) is 4.80. The molecule has 2 aliphatic carbocycles. The van der Waals surface area contributed by atoms with E-state index in [1.165, 1.54) is 4.90 Å². The molecule has 136 valence electrons. The van der Waals surface area contributed by atoms with Crippen molar-refractivity contribution in [3.05, 3.63) is 24.3 Å². The number of carboxylic acids is 1. The van der Waals surface area contributed by atoms with Crippen molar-refractivity contribution in [2.24, 2.45) is 23.7 Å². The van der Waals surface area contributed by atoms with Crippen molar-refractivity contribution in [2.75, 3.05) is 10.2 Å². The summed E-state index contributed by atoms with van der Waals surface area (Å²) in [4.78, 5) is 48.9. The van der Waals surface area contributed by atoms with Gasteiger partial charge in [0, 0.05) is 18.1 Å². The molecule has 2 saturated carbocycles. The summed E-state index contributed by atoms with van der Waals surface area (Å²) >= 11 is 0. The fourth-order valence-electron chi connectivity index (χ4n) is 4.80. The highest BCUT2D eigenvalue weighted by Crippen LogP contribution is 2.56. The maximum absolute atomic E-state index is 12.8. The maximum Gasteiger partial charge on any atom is 0.237 e. The Balaban J connectivity index is 1.46. The van der Waals surface area contributed by atoms with E-state index >= 15 is 0 Å². The molecule has 3 amide bonds. The highest BCUT2D eigenvalue weighted by molar-refractivity contribution is 6.22. The van der Waals surface area contributed by atoms with Gasteiger partial charge in [-0.3, -0.25) is 19.3 Å². The van der Waals surface area contributed by atoms with Crippen molar-refractivity contribution in [3.63, 3.8) is 0 Å². The number of hydrogen-bond acceptors (Lipinski definition) is 5. The Labute approximate surface area is 150 Å². The fraction of sp³-hybridized carbons (Fsp3) is 0.474. The quantitative estimate of drug-likeness (QED) is 0.782. The molecule has 7 heteroatoms. The number of nitrogens with one attached hydrogen (secondary N) is 1. The minimum Gasteiger partial charge on any atom is -0.550 e. The van der Waals surface area contributed by atoms with Gasteiger partial charge >= 0.3 is 0 Å². The number of amides is 3. The van der Waals surface area contributed by atoms with Crippen molar-refractivity contribution >= 4 is 35.1 Å². The number of carboxylic acid groups (broad SMARTS) is 1. The lowest BCUT2D eigenvalue weighted by Gasteiger charge is -2.19. The molecule has 2 bridgehead atoms. The molecule has 1 heterocycles. The number of aliphatic carboxylic acids is 1. The van der Waals surface area contributed by atoms with Gasteiger partial charge in [0.1, 0.15) is 0 Å². The number of anilines is 2. The van der Waals surface area contributed by atoms with Gasteiger partial charge in [-0.15, -0.1) is 0 Å². The van der Waals surface area contributed by atoms with Gasteiger partial charge in [-0.05, 0) is 61.8 Å². The van der Waals surface area contributed by atoms with Gasteiger partial charge in [0.05, 0.1) is 17.5 Å². The highest BCUT2D eigenvalue weighted by atomic mass is 16.4. The summed E-state index contributed by atoms with van der Waals surface area (Å²) in [6.07, 6.45) is 2.56. The molecule has 0 aromatic heterocycles. The van der Waals surface area contributed by atoms with Crippen LogP contribution in [0.25, 0.3) is 0 Å². The Morgan fingerprint density at radius 3 is 2.12 bits per heavy atom. The molecule has 7 nitrogen and oxygen atoms in total. The molecule has 1 aromatic carbocycles. The normalized spacial score (nSPS) is 29.2. The second-order valence-corrected chi connectivity index (χ2v) is 7.36. The van der Waals surface area contributed by atoms with Crippen LogP contribution in [0.5, 0.6) is 0 Å². The monoisotopic (exact) mass is 355 g/mol. The van der Waals surface area contributed by atoms with Gasteiger partial charge in [-0.1, -0.05) is 0 Å². The zero-order valence-corrected chi connectivity index (χ0v) is 14.1. The van der Waals surface area contributed by atoms with Crippen molar-refractivity contribution in [2.45, 2.75) is 32.1 Å².